The number of aromatic nitrogens is 2. The lowest BCUT2D eigenvalue weighted by molar-refractivity contribution is 0.0682. The summed E-state index contributed by atoms with van der Waals surface area (Å²) in [6, 6.07) is 12.9. The Kier molecular flexibility index (Phi) is 4.52. The first-order valence-corrected chi connectivity index (χ1v) is 9.07. The number of likely N-dealkylation sites (tertiary alicyclic amines) is 1. The van der Waals surface area contributed by atoms with Crippen LogP contribution in [0.15, 0.2) is 59.7 Å². The Balaban J connectivity index is 1.79. The van der Waals surface area contributed by atoms with Crippen molar-refractivity contribution in [3.05, 3.63) is 76.3 Å². The number of fused-ring (bicyclic) bond motifs is 1. The number of hydrogen-bond donors (Lipinski definition) is 1. The number of rotatable bonds is 2. The molecule has 3 heterocycles. The first-order valence-electron chi connectivity index (χ1n) is 9.07. The highest BCUT2D eigenvalue weighted by molar-refractivity contribution is 6.06. The van der Waals surface area contributed by atoms with Crippen LogP contribution in [0.5, 0.6) is 0 Å². The van der Waals surface area contributed by atoms with E-state index in [4.69, 9.17) is 0 Å². The van der Waals surface area contributed by atoms with Gasteiger partial charge < -0.3 is 9.88 Å². The highest BCUT2D eigenvalue weighted by atomic mass is 16.2. The van der Waals surface area contributed by atoms with Gasteiger partial charge in [0.05, 0.1) is 11.6 Å². The van der Waals surface area contributed by atoms with Crippen LogP contribution in [-0.4, -0.2) is 27.3 Å². The summed E-state index contributed by atoms with van der Waals surface area (Å²) in [5.74, 6) is -0.0731. The van der Waals surface area contributed by atoms with Gasteiger partial charge in [0.25, 0.3) is 5.91 Å². The Morgan fingerprint density at radius 2 is 1.88 bits per heavy atom. The van der Waals surface area contributed by atoms with E-state index in [1.807, 2.05) is 41.3 Å². The Morgan fingerprint density at radius 3 is 2.73 bits per heavy atom. The van der Waals surface area contributed by atoms with Gasteiger partial charge in [0.15, 0.2) is 0 Å². The van der Waals surface area contributed by atoms with Gasteiger partial charge in [-0.1, -0.05) is 31.0 Å². The molecule has 1 fully saturated rings. The van der Waals surface area contributed by atoms with E-state index < -0.39 is 0 Å². The highest BCUT2D eigenvalue weighted by Gasteiger charge is 2.28. The number of para-hydroxylation sites is 1. The maximum atomic E-state index is 13.5. The van der Waals surface area contributed by atoms with Gasteiger partial charge >= 0.3 is 0 Å². The number of nitrogens with one attached hydrogen (secondary N) is 1. The van der Waals surface area contributed by atoms with Gasteiger partial charge in [-0.25, -0.2) is 0 Å². The van der Waals surface area contributed by atoms with Gasteiger partial charge in [-0.15, -0.1) is 0 Å². The zero-order valence-electron chi connectivity index (χ0n) is 14.5. The number of H-pyrrole nitrogens is 1. The van der Waals surface area contributed by atoms with Gasteiger partial charge in [0.1, 0.15) is 0 Å². The molecule has 1 aliphatic rings. The monoisotopic (exact) mass is 347 g/mol. The fraction of sp³-hybridized carbons (Fsp3) is 0.286. The normalized spacial score (nSPS) is 17.8. The zero-order chi connectivity index (χ0) is 17.9. The molecule has 5 nitrogen and oxygen atoms in total. The molecule has 26 heavy (non-hydrogen) atoms. The van der Waals surface area contributed by atoms with Gasteiger partial charge in [0.2, 0.25) is 5.56 Å². The summed E-state index contributed by atoms with van der Waals surface area (Å²) in [5.41, 5.74) is 2.02. The van der Waals surface area contributed by atoms with Crippen LogP contribution >= 0.6 is 0 Å². The first-order chi connectivity index (χ1) is 12.7. The first kappa shape index (κ1) is 16.5. The van der Waals surface area contributed by atoms with Gasteiger partial charge in [-0.3, -0.25) is 14.6 Å². The van der Waals surface area contributed by atoms with E-state index in [1.165, 1.54) is 6.07 Å². The molecule has 0 radical (unpaired) electrons. The minimum absolute atomic E-state index is 0.0195. The average Bonchev–Trinajstić information content (AvgIpc) is 2.93. The van der Waals surface area contributed by atoms with Crippen molar-refractivity contribution in [2.24, 2.45) is 0 Å². The van der Waals surface area contributed by atoms with Crippen LogP contribution in [0.2, 0.25) is 0 Å². The molecule has 1 N–H and O–H groups in total. The number of aromatic amines is 1. The number of hydrogen-bond acceptors (Lipinski definition) is 3. The molecule has 0 spiro atoms. The van der Waals surface area contributed by atoms with E-state index in [2.05, 4.69) is 9.97 Å². The summed E-state index contributed by atoms with van der Waals surface area (Å²) < 4.78 is 0. The predicted molar refractivity (Wildman–Crippen MR) is 101 cm³/mol. The fourth-order valence-electron chi connectivity index (χ4n) is 3.82. The minimum Gasteiger partial charge on any atom is -0.332 e. The van der Waals surface area contributed by atoms with Crippen molar-refractivity contribution in [2.75, 3.05) is 6.54 Å². The molecule has 5 heteroatoms. The molecule has 1 saturated heterocycles. The molecule has 1 aromatic carbocycles. The summed E-state index contributed by atoms with van der Waals surface area (Å²) in [6.45, 7) is 0.701. The van der Waals surface area contributed by atoms with Crippen LogP contribution in [-0.2, 0) is 0 Å². The molecule has 1 aliphatic heterocycles. The number of carbonyl (C=O) groups excluding carboxylic acids is 1. The van der Waals surface area contributed by atoms with E-state index in [9.17, 15) is 9.59 Å². The molecule has 0 saturated carbocycles. The van der Waals surface area contributed by atoms with Crippen molar-refractivity contribution in [3.63, 3.8) is 0 Å². The molecule has 2 aromatic heterocycles. The predicted octanol–water partition coefficient (Wildman–Crippen LogP) is 3.68. The fourth-order valence-corrected chi connectivity index (χ4v) is 3.82. The average molecular weight is 347 g/mol. The number of amides is 1. The number of nitrogens with zero attached hydrogens (tertiary/aromatic N) is 2. The second kappa shape index (κ2) is 7.12. The van der Waals surface area contributed by atoms with E-state index in [0.717, 1.165) is 36.6 Å². The van der Waals surface area contributed by atoms with Crippen molar-refractivity contribution < 1.29 is 4.79 Å². The molecule has 0 bridgehead atoms. The van der Waals surface area contributed by atoms with Crippen LogP contribution in [0.1, 0.15) is 47.6 Å². The third-order valence-corrected chi connectivity index (χ3v) is 5.09. The summed E-state index contributed by atoms with van der Waals surface area (Å²) in [5, 5.41) is 0.787. The largest absolute Gasteiger partial charge is 0.332 e. The van der Waals surface area contributed by atoms with E-state index in [-0.39, 0.29) is 17.5 Å². The number of carbonyl (C=O) groups is 1. The molecule has 4 rings (SSSR count). The summed E-state index contributed by atoms with van der Waals surface area (Å²) in [6.07, 6.45) is 7.65. The Hall–Kier alpha value is -2.95. The molecular weight excluding hydrogens is 326 g/mol. The smallest absolute Gasteiger partial charge is 0.255 e. The van der Waals surface area contributed by atoms with Crippen LogP contribution in [0, 0.1) is 0 Å². The van der Waals surface area contributed by atoms with E-state index in [1.54, 1.807) is 12.4 Å². The van der Waals surface area contributed by atoms with Gasteiger partial charge in [-0.05, 0) is 36.6 Å². The second-order valence-corrected chi connectivity index (χ2v) is 6.74. The maximum absolute atomic E-state index is 13.5. The lowest BCUT2D eigenvalue weighted by atomic mass is 10.0. The van der Waals surface area contributed by atoms with Gasteiger partial charge in [-0.2, -0.15) is 0 Å². The molecule has 0 unspecified atom stereocenters. The molecule has 3 aromatic rings. The van der Waals surface area contributed by atoms with Crippen molar-refractivity contribution in [1.82, 2.24) is 14.9 Å². The SMILES string of the molecule is O=C(c1cc(=O)[nH]c2ccccc12)N1CCCCC[C@@H]1c1ccncc1. The Labute approximate surface area is 151 Å². The Morgan fingerprint density at radius 1 is 1.08 bits per heavy atom. The van der Waals surface area contributed by atoms with Crippen LogP contribution in [0.25, 0.3) is 10.9 Å². The van der Waals surface area contributed by atoms with E-state index >= 15 is 0 Å². The van der Waals surface area contributed by atoms with Crippen molar-refractivity contribution in [3.8, 4) is 0 Å². The standard InChI is InChI=1S/C21H21N3O2/c25-20-14-17(16-6-3-4-7-18(16)23-20)21(26)24-13-5-1-2-8-19(24)15-9-11-22-12-10-15/h3-4,6-7,9-12,14,19H,1-2,5,8,13H2,(H,23,25)/t19-/m1/s1. The lowest BCUT2D eigenvalue weighted by Crippen LogP contribution is -2.35. The van der Waals surface area contributed by atoms with Crippen molar-refractivity contribution >= 4 is 16.8 Å². The molecule has 1 atom stereocenters. The lowest BCUT2D eigenvalue weighted by Gasteiger charge is -2.30. The molecule has 0 aliphatic carbocycles. The second-order valence-electron chi connectivity index (χ2n) is 6.74. The summed E-state index contributed by atoms with van der Waals surface area (Å²) in [7, 11) is 0. The topological polar surface area (TPSA) is 66.1 Å². The van der Waals surface area contributed by atoms with Crippen LogP contribution in [0.3, 0.4) is 0 Å². The van der Waals surface area contributed by atoms with Crippen molar-refractivity contribution in [2.45, 2.75) is 31.7 Å². The maximum Gasteiger partial charge on any atom is 0.255 e. The van der Waals surface area contributed by atoms with Crippen LogP contribution in [0.4, 0.5) is 0 Å². The zero-order valence-corrected chi connectivity index (χ0v) is 14.5. The number of benzene rings is 1. The summed E-state index contributed by atoms with van der Waals surface area (Å²) >= 11 is 0. The molecular formula is C21H21N3O2. The van der Waals surface area contributed by atoms with Gasteiger partial charge in [0, 0.05) is 35.9 Å². The molecule has 132 valence electrons. The number of pyridine rings is 2. The van der Waals surface area contributed by atoms with Crippen LogP contribution < -0.4 is 5.56 Å². The Bertz CT molecular complexity index is 981. The van der Waals surface area contributed by atoms with E-state index in [0.29, 0.717) is 17.6 Å². The summed E-state index contributed by atoms with van der Waals surface area (Å²) in [4.78, 5) is 34.4. The minimum atomic E-state index is -0.248. The highest BCUT2D eigenvalue weighted by Crippen LogP contribution is 2.31. The van der Waals surface area contributed by atoms with Crippen molar-refractivity contribution in [1.29, 1.82) is 0 Å². The molecule has 1 amide bonds. The quantitative estimate of drug-likeness (QED) is 0.769. The third-order valence-electron chi connectivity index (χ3n) is 5.09. The third kappa shape index (κ3) is 3.12.